The van der Waals surface area contributed by atoms with Gasteiger partial charge in [0, 0.05) is 24.7 Å². The minimum absolute atomic E-state index is 0.0467. The summed E-state index contributed by atoms with van der Waals surface area (Å²) in [5.74, 6) is 0.288. The van der Waals surface area contributed by atoms with Crippen LogP contribution in [0.5, 0.6) is 0 Å². The second-order valence-electron chi connectivity index (χ2n) is 5.29. The zero-order chi connectivity index (χ0) is 12.5. The first-order valence-corrected chi connectivity index (χ1v) is 6.94. The fraction of sp³-hybridized carbons (Fsp3) is 0.533. The summed E-state index contributed by atoms with van der Waals surface area (Å²) >= 11 is 0. The number of nitrogens with zero attached hydrogens (tertiary/aromatic N) is 1. The number of carbonyl (C=O) groups is 1. The Morgan fingerprint density at radius 1 is 1.44 bits per heavy atom. The van der Waals surface area contributed by atoms with Crippen LogP contribution in [-0.4, -0.2) is 29.4 Å². The van der Waals surface area contributed by atoms with E-state index in [2.05, 4.69) is 29.3 Å². The number of hydrogen-bond acceptors (Lipinski definition) is 2. The molecule has 1 N–H and O–H groups in total. The van der Waals surface area contributed by atoms with E-state index in [1.54, 1.807) is 0 Å². The molecule has 0 radical (unpaired) electrons. The summed E-state index contributed by atoms with van der Waals surface area (Å²) in [6.07, 6.45) is 4.24. The predicted molar refractivity (Wildman–Crippen MR) is 72.6 cm³/mol. The number of carbonyl (C=O) groups excluding carboxylic acids is 1. The fourth-order valence-corrected chi connectivity index (χ4v) is 3.20. The lowest BCUT2D eigenvalue weighted by Crippen LogP contribution is -2.44. The van der Waals surface area contributed by atoms with Crippen LogP contribution >= 0.6 is 0 Å². The third kappa shape index (κ3) is 1.88. The molecule has 1 aromatic carbocycles. The van der Waals surface area contributed by atoms with Crippen LogP contribution in [0.3, 0.4) is 0 Å². The van der Waals surface area contributed by atoms with Crippen molar-refractivity contribution in [1.82, 2.24) is 4.90 Å². The largest absolute Gasteiger partial charge is 0.373 e. The highest BCUT2D eigenvalue weighted by atomic mass is 16.2. The Kier molecular flexibility index (Phi) is 2.98. The molecule has 2 atom stereocenters. The van der Waals surface area contributed by atoms with Gasteiger partial charge in [0.2, 0.25) is 5.91 Å². The SMILES string of the molecule is CCC1CCCN1C(=O)[C@@H]1Cc2ccccc2N1. The molecule has 0 aromatic heterocycles. The minimum Gasteiger partial charge on any atom is -0.373 e. The molecule has 0 spiro atoms. The number of likely N-dealkylation sites (tertiary alicyclic amines) is 1. The monoisotopic (exact) mass is 244 g/mol. The van der Waals surface area contributed by atoms with Crippen LogP contribution in [0, 0.1) is 0 Å². The van der Waals surface area contributed by atoms with Gasteiger partial charge in [0.05, 0.1) is 0 Å². The van der Waals surface area contributed by atoms with Gasteiger partial charge in [-0.1, -0.05) is 25.1 Å². The third-order valence-corrected chi connectivity index (χ3v) is 4.20. The number of rotatable bonds is 2. The lowest BCUT2D eigenvalue weighted by molar-refractivity contribution is -0.132. The van der Waals surface area contributed by atoms with Gasteiger partial charge in [0.25, 0.3) is 0 Å². The lowest BCUT2D eigenvalue weighted by atomic mass is 10.1. The van der Waals surface area contributed by atoms with Crippen molar-refractivity contribution >= 4 is 11.6 Å². The average Bonchev–Trinajstić information content (AvgIpc) is 3.03. The Bertz CT molecular complexity index is 433. The van der Waals surface area contributed by atoms with E-state index >= 15 is 0 Å². The Hall–Kier alpha value is -1.51. The number of benzene rings is 1. The topological polar surface area (TPSA) is 32.3 Å². The van der Waals surface area contributed by atoms with Gasteiger partial charge < -0.3 is 10.2 Å². The van der Waals surface area contributed by atoms with Crippen molar-refractivity contribution in [3.05, 3.63) is 29.8 Å². The number of fused-ring (bicyclic) bond motifs is 1. The van der Waals surface area contributed by atoms with Crippen molar-refractivity contribution in [2.24, 2.45) is 0 Å². The average molecular weight is 244 g/mol. The van der Waals surface area contributed by atoms with Crippen LogP contribution in [0.4, 0.5) is 5.69 Å². The summed E-state index contributed by atoms with van der Waals surface area (Å²) in [4.78, 5) is 14.6. The van der Waals surface area contributed by atoms with Gasteiger partial charge >= 0.3 is 0 Å². The van der Waals surface area contributed by atoms with Gasteiger partial charge in [-0.15, -0.1) is 0 Å². The summed E-state index contributed by atoms with van der Waals surface area (Å²) < 4.78 is 0. The summed E-state index contributed by atoms with van der Waals surface area (Å²) in [5.41, 5.74) is 2.39. The molecule has 2 aliphatic heterocycles. The molecular formula is C15H20N2O. The Labute approximate surface area is 108 Å². The van der Waals surface area contributed by atoms with Crippen LogP contribution in [0.15, 0.2) is 24.3 Å². The second kappa shape index (κ2) is 4.63. The van der Waals surface area contributed by atoms with Crippen LogP contribution in [0.2, 0.25) is 0 Å². The van der Waals surface area contributed by atoms with Crippen LogP contribution in [0.25, 0.3) is 0 Å². The molecule has 0 bridgehead atoms. The maximum Gasteiger partial charge on any atom is 0.245 e. The van der Waals surface area contributed by atoms with Gasteiger partial charge in [-0.05, 0) is 30.9 Å². The second-order valence-corrected chi connectivity index (χ2v) is 5.29. The molecule has 0 saturated carbocycles. The lowest BCUT2D eigenvalue weighted by Gasteiger charge is -2.26. The van der Waals surface area contributed by atoms with E-state index in [-0.39, 0.29) is 11.9 Å². The van der Waals surface area contributed by atoms with Crippen LogP contribution < -0.4 is 5.32 Å². The Morgan fingerprint density at radius 3 is 3.06 bits per heavy atom. The zero-order valence-corrected chi connectivity index (χ0v) is 10.9. The molecule has 1 aromatic rings. The van der Waals surface area contributed by atoms with Gasteiger partial charge in [-0.25, -0.2) is 0 Å². The number of anilines is 1. The van der Waals surface area contributed by atoms with Crippen molar-refractivity contribution in [2.45, 2.75) is 44.7 Å². The van der Waals surface area contributed by atoms with E-state index in [1.165, 1.54) is 12.0 Å². The highest BCUT2D eigenvalue weighted by Gasteiger charge is 2.34. The molecule has 3 rings (SSSR count). The minimum atomic E-state index is -0.0467. The van der Waals surface area contributed by atoms with Crippen LogP contribution in [0.1, 0.15) is 31.7 Å². The number of hydrogen-bond donors (Lipinski definition) is 1. The molecule has 3 heteroatoms. The molecule has 2 heterocycles. The van der Waals surface area contributed by atoms with E-state index in [0.717, 1.165) is 31.5 Å². The zero-order valence-electron chi connectivity index (χ0n) is 10.9. The van der Waals surface area contributed by atoms with Crippen molar-refractivity contribution in [2.75, 3.05) is 11.9 Å². The van der Waals surface area contributed by atoms with E-state index in [0.29, 0.717) is 6.04 Å². The number of nitrogens with one attached hydrogen (secondary N) is 1. The first-order chi connectivity index (χ1) is 8.79. The van der Waals surface area contributed by atoms with Crippen molar-refractivity contribution < 1.29 is 4.79 Å². The van der Waals surface area contributed by atoms with E-state index in [4.69, 9.17) is 0 Å². The maximum absolute atomic E-state index is 12.5. The normalized spacial score (nSPS) is 25.9. The summed E-state index contributed by atoms with van der Waals surface area (Å²) in [7, 11) is 0. The van der Waals surface area contributed by atoms with E-state index in [9.17, 15) is 4.79 Å². The maximum atomic E-state index is 12.5. The molecule has 3 nitrogen and oxygen atoms in total. The van der Waals surface area contributed by atoms with Gasteiger partial charge in [0.15, 0.2) is 0 Å². The first kappa shape index (κ1) is 11.6. The molecule has 0 aliphatic carbocycles. The Morgan fingerprint density at radius 2 is 2.28 bits per heavy atom. The molecule has 1 saturated heterocycles. The smallest absolute Gasteiger partial charge is 0.245 e. The van der Waals surface area contributed by atoms with E-state index in [1.807, 2.05) is 12.1 Å². The first-order valence-electron chi connectivity index (χ1n) is 6.94. The molecular weight excluding hydrogens is 224 g/mol. The molecule has 96 valence electrons. The highest BCUT2D eigenvalue weighted by molar-refractivity contribution is 5.87. The fourth-order valence-electron chi connectivity index (χ4n) is 3.20. The molecule has 1 unspecified atom stereocenters. The van der Waals surface area contributed by atoms with Crippen molar-refractivity contribution in [1.29, 1.82) is 0 Å². The van der Waals surface area contributed by atoms with E-state index < -0.39 is 0 Å². The van der Waals surface area contributed by atoms with Gasteiger partial charge in [-0.3, -0.25) is 4.79 Å². The summed E-state index contributed by atoms with van der Waals surface area (Å²) in [6.45, 7) is 3.11. The molecule has 1 fully saturated rings. The quantitative estimate of drug-likeness (QED) is 0.866. The summed E-state index contributed by atoms with van der Waals surface area (Å²) in [6, 6.07) is 8.64. The van der Waals surface area contributed by atoms with Crippen LogP contribution in [-0.2, 0) is 11.2 Å². The third-order valence-electron chi connectivity index (χ3n) is 4.20. The standard InChI is InChI=1S/C15H20N2O/c1-2-12-7-5-9-17(12)15(18)14-10-11-6-3-4-8-13(11)16-14/h3-4,6,8,12,14,16H,2,5,7,9-10H2,1H3/t12?,14-/m0/s1. The molecule has 2 aliphatic rings. The Balaban J connectivity index is 1.72. The van der Waals surface area contributed by atoms with Crippen molar-refractivity contribution in [3.8, 4) is 0 Å². The molecule has 18 heavy (non-hydrogen) atoms. The predicted octanol–water partition coefficient (Wildman–Crippen LogP) is 2.42. The number of para-hydroxylation sites is 1. The van der Waals surface area contributed by atoms with Gasteiger partial charge in [0.1, 0.15) is 6.04 Å². The molecule has 1 amide bonds. The number of amides is 1. The van der Waals surface area contributed by atoms with Gasteiger partial charge in [-0.2, -0.15) is 0 Å². The van der Waals surface area contributed by atoms with Crippen molar-refractivity contribution in [3.63, 3.8) is 0 Å². The summed E-state index contributed by atoms with van der Waals surface area (Å²) in [5, 5.41) is 3.36. The highest BCUT2D eigenvalue weighted by Crippen LogP contribution is 2.28.